The Morgan fingerprint density at radius 3 is 3.00 bits per heavy atom. The third kappa shape index (κ3) is 3.59. The van der Waals surface area contributed by atoms with Crippen molar-refractivity contribution >= 4 is 11.6 Å². The van der Waals surface area contributed by atoms with Crippen LogP contribution in [0.4, 0.5) is 5.69 Å². The molecule has 120 valence electrons. The molecule has 0 unspecified atom stereocenters. The van der Waals surface area contributed by atoms with Gasteiger partial charge in [0.2, 0.25) is 0 Å². The van der Waals surface area contributed by atoms with Gasteiger partial charge in [-0.15, -0.1) is 0 Å². The van der Waals surface area contributed by atoms with Crippen molar-refractivity contribution < 1.29 is 9.53 Å². The van der Waals surface area contributed by atoms with Crippen molar-refractivity contribution in [3.8, 4) is 5.75 Å². The number of piperidine rings is 1. The van der Waals surface area contributed by atoms with Gasteiger partial charge in [-0.25, -0.2) is 4.98 Å². The molecule has 6 heteroatoms. The second kappa shape index (κ2) is 7.09. The van der Waals surface area contributed by atoms with Crippen molar-refractivity contribution in [2.75, 3.05) is 25.1 Å². The van der Waals surface area contributed by atoms with Gasteiger partial charge in [0.25, 0.3) is 5.91 Å². The molecule has 1 N–H and O–H groups in total. The summed E-state index contributed by atoms with van der Waals surface area (Å²) in [5.41, 5.74) is 1.41. The Morgan fingerprint density at radius 2 is 2.22 bits per heavy atom. The molecule has 1 aromatic carbocycles. The number of nitrogens with one attached hydrogen (secondary N) is 1. The second-order valence-corrected chi connectivity index (χ2v) is 5.52. The van der Waals surface area contributed by atoms with E-state index in [4.69, 9.17) is 4.74 Å². The summed E-state index contributed by atoms with van der Waals surface area (Å²) in [5.74, 6) is 0.679. The van der Waals surface area contributed by atoms with Gasteiger partial charge in [0.15, 0.2) is 0 Å². The van der Waals surface area contributed by atoms with Crippen molar-refractivity contribution in [1.29, 1.82) is 0 Å². The predicted octanol–water partition coefficient (Wildman–Crippen LogP) is 1.88. The molecule has 1 fully saturated rings. The number of methoxy groups -OCH3 is 1. The molecule has 1 saturated heterocycles. The van der Waals surface area contributed by atoms with Crippen molar-refractivity contribution in [3.63, 3.8) is 0 Å². The number of anilines is 1. The molecule has 0 spiro atoms. The number of hydrogen-bond donors (Lipinski definition) is 1. The lowest BCUT2D eigenvalue weighted by Gasteiger charge is -2.35. The third-order valence-corrected chi connectivity index (χ3v) is 3.98. The molecular weight excluding hydrogens is 292 g/mol. The molecule has 1 aliphatic heterocycles. The van der Waals surface area contributed by atoms with Gasteiger partial charge >= 0.3 is 0 Å². The minimum Gasteiger partial charge on any atom is -0.495 e. The maximum atomic E-state index is 12.2. The monoisotopic (exact) mass is 312 g/mol. The first-order valence-corrected chi connectivity index (χ1v) is 7.73. The van der Waals surface area contributed by atoms with E-state index in [9.17, 15) is 4.79 Å². The quantitative estimate of drug-likeness (QED) is 0.934. The summed E-state index contributed by atoms with van der Waals surface area (Å²) in [6.45, 7) is 1.71. The van der Waals surface area contributed by atoms with Gasteiger partial charge < -0.3 is 15.0 Å². The van der Waals surface area contributed by atoms with Gasteiger partial charge in [0.05, 0.1) is 19.0 Å². The number of hydrogen-bond acceptors (Lipinski definition) is 5. The molecule has 0 aliphatic carbocycles. The summed E-state index contributed by atoms with van der Waals surface area (Å²) in [6.07, 6.45) is 6.54. The Labute approximate surface area is 135 Å². The molecule has 23 heavy (non-hydrogen) atoms. The van der Waals surface area contributed by atoms with Crippen molar-refractivity contribution in [1.82, 2.24) is 15.3 Å². The minimum absolute atomic E-state index is 0.0863. The zero-order chi connectivity index (χ0) is 16.1. The van der Waals surface area contributed by atoms with E-state index in [0.29, 0.717) is 5.69 Å². The zero-order valence-electron chi connectivity index (χ0n) is 13.1. The van der Waals surface area contributed by atoms with Crippen LogP contribution in [0.25, 0.3) is 0 Å². The highest BCUT2D eigenvalue weighted by molar-refractivity contribution is 5.92. The van der Waals surface area contributed by atoms with Crippen LogP contribution in [0.3, 0.4) is 0 Å². The maximum Gasteiger partial charge on any atom is 0.271 e. The lowest BCUT2D eigenvalue weighted by atomic mass is 10.0. The molecule has 0 bridgehead atoms. The summed E-state index contributed by atoms with van der Waals surface area (Å²) < 4.78 is 5.44. The van der Waals surface area contributed by atoms with Crippen LogP contribution in [-0.4, -0.2) is 42.1 Å². The van der Waals surface area contributed by atoms with Gasteiger partial charge in [-0.1, -0.05) is 12.1 Å². The summed E-state index contributed by atoms with van der Waals surface area (Å²) in [4.78, 5) is 22.5. The minimum atomic E-state index is -0.176. The number of carbonyl (C=O) groups is 1. The summed E-state index contributed by atoms with van der Waals surface area (Å²) in [7, 11) is 1.68. The first kappa shape index (κ1) is 15.3. The third-order valence-electron chi connectivity index (χ3n) is 3.98. The average Bonchev–Trinajstić information content (AvgIpc) is 2.62. The van der Waals surface area contributed by atoms with E-state index in [1.165, 1.54) is 12.4 Å². The fraction of sp³-hybridized carbons (Fsp3) is 0.353. The van der Waals surface area contributed by atoms with Crippen LogP contribution in [0.1, 0.15) is 23.3 Å². The van der Waals surface area contributed by atoms with Crippen molar-refractivity contribution in [2.24, 2.45) is 0 Å². The molecule has 1 aliphatic rings. The van der Waals surface area contributed by atoms with Crippen LogP contribution >= 0.6 is 0 Å². The summed E-state index contributed by atoms with van der Waals surface area (Å²) in [6, 6.07) is 8.05. The Morgan fingerprint density at radius 1 is 1.35 bits per heavy atom. The Bertz CT molecular complexity index is 663. The lowest BCUT2D eigenvalue weighted by molar-refractivity contribution is 0.0927. The number of aromatic nitrogens is 2. The first-order valence-electron chi connectivity index (χ1n) is 7.73. The van der Waals surface area contributed by atoms with Crippen LogP contribution in [0.2, 0.25) is 0 Å². The molecular formula is C17H20N4O2. The van der Waals surface area contributed by atoms with Gasteiger partial charge in [0, 0.05) is 31.5 Å². The molecule has 0 radical (unpaired) electrons. The standard InChI is InChI=1S/C17H20N4O2/c1-23-16-7-3-2-6-15(16)21-10-4-5-13(12-21)20-17(22)14-11-18-8-9-19-14/h2-3,6-9,11,13H,4-5,10,12H2,1H3,(H,20,22)/t13-/m0/s1. The molecule has 2 heterocycles. The van der Waals surface area contributed by atoms with Crippen molar-refractivity contribution in [2.45, 2.75) is 18.9 Å². The van der Waals surface area contributed by atoms with Gasteiger partial charge in [0.1, 0.15) is 11.4 Å². The second-order valence-electron chi connectivity index (χ2n) is 5.52. The molecule has 2 aromatic rings. The van der Waals surface area contributed by atoms with Crippen LogP contribution in [0, 0.1) is 0 Å². The highest BCUT2D eigenvalue weighted by atomic mass is 16.5. The molecule has 6 nitrogen and oxygen atoms in total. The number of nitrogens with zero attached hydrogens (tertiary/aromatic N) is 3. The van der Waals surface area contributed by atoms with Crippen LogP contribution in [0.5, 0.6) is 5.75 Å². The zero-order valence-corrected chi connectivity index (χ0v) is 13.1. The van der Waals surface area contributed by atoms with Gasteiger partial charge in [-0.3, -0.25) is 9.78 Å². The summed E-state index contributed by atoms with van der Waals surface area (Å²) >= 11 is 0. The van der Waals surface area contributed by atoms with E-state index in [2.05, 4.69) is 20.2 Å². The number of amides is 1. The van der Waals surface area contributed by atoms with Gasteiger partial charge in [-0.2, -0.15) is 0 Å². The molecule has 3 rings (SSSR count). The van der Waals surface area contributed by atoms with E-state index in [-0.39, 0.29) is 11.9 Å². The fourth-order valence-electron chi connectivity index (χ4n) is 2.88. The molecule has 0 saturated carbocycles. The van der Waals surface area contributed by atoms with Crippen LogP contribution in [0.15, 0.2) is 42.9 Å². The number of carbonyl (C=O) groups excluding carboxylic acids is 1. The molecule has 1 atom stereocenters. The number of ether oxygens (including phenoxy) is 1. The van der Waals surface area contributed by atoms with E-state index in [1.807, 2.05) is 24.3 Å². The predicted molar refractivity (Wildman–Crippen MR) is 87.7 cm³/mol. The van der Waals surface area contributed by atoms with Crippen LogP contribution in [-0.2, 0) is 0 Å². The van der Waals surface area contributed by atoms with Crippen molar-refractivity contribution in [3.05, 3.63) is 48.5 Å². The Hall–Kier alpha value is -2.63. The van der Waals surface area contributed by atoms with E-state index < -0.39 is 0 Å². The maximum absolute atomic E-state index is 12.2. The first-order chi connectivity index (χ1) is 11.3. The summed E-state index contributed by atoms with van der Waals surface area (Å²) in [5, 5.41) is 3.05. The molecule has 1 amide bonds. The Kier molecular flexibility index (Phi) is 4.71. The van der Waals surface area contributed by atoms with E-state index in [1.54, 1.807) is 13.3 Å². The van der Waals surface area contributed by atoms with Gasteiger partial charge in [-0.05, 0) is 25.0 Å². The topological polar surface area (TPSA) is 67.3 Å². The van der Waals surface area contributed by atoms with Crippen LogP contribution < -0.4 is 15.0 Å². The average molecular weight is 312 g/mol. The number of para-hydroxylation sites is 2. The highest BCUT2D eigenvalue weighted by Gasteiger charge is 2.24. The van der Waals surface area contributed by atoms with E-state index >= 15 is 0 Å². The highest BCUT2D eigenvalue weighted by Crippen LogP contribution is 2.29. The largest absolute Gasteiger partial charge is 0.495 e. The number of rotatable bonds is 4. The molecule has 1 aromatic heterocycles. The van der Waals surface area contributed by atoms with E-state index in [0.717, 1.165) is 37.4 Å². The smallest absolute Gasteiger partial charge is 0.271 e. The normalized spacial score (nSPS) is 17.6. The SMILES string of the molecule is COc1ccccc1N1CCC[C@H](NC(=O)c2cnccn2)C1. The Balaban J connectivity index is 1.68. The lowest BCUT2D eigenvalue weighted by Crippen LogP contribution is -2.48. The fourth-order valence-corrected chi connectivity index (χ4v) is 2.88. The number of benzene rings is 1.